The average Bonchev–Trinajstić information content (AvgIpc) is 3.71. The van der Waals surface area contributed by atoms with Gasteiger partial charge in [0.2, 0.25) is 11.8 Å². The lowest BCUT2D eigenvalue weighted by atomic mass is 10.1. The van der Waals surface area contributed by atoms with E-state index in [9.17, 15) is 9.18 Å². The first-order valence-electron chi connectivity index (χ1n) is 11.9. The van der Waals surface area contributed by atoms with Gasteiger partial charge >= 0.3 is 0 Å². The lowest BCUT2D eigenvalue weighted by Crippen LogP contribution is -2.22. The summed E-state index contributed by atoms with van der Waals surface area (Å²) < 4.78 is 27.3. The summed E-state index contributed by atoms with van der Waals surface area (Å²) in [5.74, 6) is 0.132. The minimum Gasteiger partial charge on any atom is -0.474 e. The molecule has 3 heterocycles. The van der Waals surface area contributed by atoms with Crippen molar-refractivity contribution in [1.82, 2.24) is 14.5 Å². The van der Waals surface area contributed by atoms with Gasteiger partial charge in [0.15, 0.2) is 0 Å². The van der Waals surface area contributed by atoms with E-state index in [1.165, 1.54) is 0 Å². The van der Waals surface area contributed by atoms with E-state index in [1.54, 1.807) is 12.3 Å². The molecule has 2 fully saturated rings. The summed E-state index contributed by atoms with van der Waals surface area (Å²) in [6.07, 6.45) is 5.31. The van der Waals surface area contributed by atoms with E-state index in [4.69, 9.17) is 14.5 Å². The van der Waals surface area contributed by atoms with Gasteiger partial charge in [0.05, 0.1) is 5.92 Å². The van der Waals surface area contributed by atoms with Gasteiger partial charge in [-0.15, -0.1) is 0 Å². The standard InChI is InChI=1S/C25H31FN4O3Si/c1-34(2,3)12-11-32-15-30-14-20(18-5-4-10-27-25(18)33-16-6-7-16)17-8-9-22(28-23(17)30)29-24(31)19-13-21(19)26/h4-5,8-10,14,16,19,21H,6-7,11-13,15H2,1-3H3,(H,28,29,31)/t19-,21+/m1/s1. The first-order chi connectivity index (χ1) is 16.3. The molecule has 0 aliphatic heterocycles. The first kappa shape index (κ1) is 23.0. The number of pyridine rings is 2. The van der Waals surface area contributed by atoms with Crippen molar-refractivity contribution in [1.29, 1.82) is 0 Å². The minimum atomic E-state index is -1.20. The quantitative estimate of drug-likeness (QED) is 0.315. The number of hydrogen-bond donors (Lipinski definition) is 1. The van der Waals surface area contributed by atoms with Crippen LogP contribution in [0.4, 0.5) is 10.2 Å². The number of carbonyl (C=O) groups excluding carboxylic acids is 1. The highest BCUT2D eigenvalue weighted by Gasteiger charge is 2.43. The molecule has 2 saturated carbocycles. The molecule has 7 nitrogen and oxygen atoms in total. The molecular formula is C25H31FN4O3Si. The van der Waals surface area contributed by atoms with E-state index in [0.717, 1.165) is 35.4 Å². The van der Waals surface area contributed by atoms with Crippen LogP contribution in [0.5, 0.6) is 5.88 Å². The zero-order chi connectivity index (χ0) is 23.9. The van der Waals surface area contributed by atoms with E-state index in [-0.39, 0.29) is 18.4 Å². The van der Waals surface area contributed by atoms with Crippen molar-refractivity contribution in [3.05, 3.63) is 36.7 Å². The zero-order valence-electron chi connectivity index (χ0n) is 19.9. The molecule has 2 aliphatic carbocycles. The van der Waals surface area contributed by atoms with Gasteiger partial charge in [-0.2, -0.15) is 0 Å². The highest BCUT2D eigenvalue weighted by atomic mass is 28.3. The Morgan fingerprint density at radius 2 is 2.03 bits per heavy atom. The fraction of sp³-hybridized carbons (Fsp3) is 0.480. The maximum Gasteiger partial charge on any atom is 0.231 e. The number of carbonyl (C=O) groups is 1. The number of anilines is 1. The highest BCUT2D eigenvalue weighted by Crippen LogP contribution is 2.38. The van der Waals surface area contributed by atoms with E-state index < -0.39 is 20.2 Å². The number of alkyl halides is 1. The Hall–Kier alpha value is -2.78. The molecule has 3 aromatic rings. The summed E-state index contributed by atoms with van der Waals surface area (Å²) in [5, 5.41) is 3.67. The third-order valence-corrected chi connectivity index (χ3v) is 7.82. The smallest absolute Gasteiger partial charge is 0.231 e. The second-order valence-electron chi connectivity index (χ2n) is 10.4. The SMILES string of the molecule is C[Si](C)(C)CCOCn1cc(-c2cccnc2OC2CC2)c2ccc(NC(=O)[C@@H]3C[C@@H]3F)nc21. The lowest BCUT2D eigenvalue weighted by molar-refractivity contribution is -0.117. The molecule has 5 rings (SSSR count). The van der Waals surface area contributed by atoms with E-state index in [0.29, 0.717) is 30.7 Å². The fourth-order valence-electron chi connectivity index (χ4n) is 3.78. The van der Waals surface area contributed by atoms with Gasteiger partial charge in [0.1, 0.15) is 30.5 Å². The van der Waals surface area contributed by atoms with Crippen LogP contribution in [-0.2, 0) is 16.3 Å². The van der Waals surface area contributed by atoms with Gasteiger partial charge in [-0.05, 0) is 49.6 Å². The monoisotopic (exact) mass is 482 g/mol. The maximum atomic E-state index is 13.3. The molecule has 0 radical (unpaired) electrons. The van der Waals surface area contributed by atoms with Crippen LogP contribution in [-0.4, -0.2) is 47.4 Å². The van der Waals surface area contributed by atoms with E-state index in [1.807, 2.05) is 29.0 Å². The predicted octanol–water partition coefficient (Wildman–Crippen LogP) is 5.25. The van der Waals surface area contributed by atoms with Crippen LogP contribution in [0.1, 0.15) is 19.3 Å². The normalized spacial score (nSPS) is 19.9. The minimum absolute atomic E-state index is 0.230. The van der Waals surface area contributed by atoms with Gasteiger partial charge in [-0.3, -0.25) is 4.79 Å². The number of halogens is 1. The largest absolute Gasteiger partial charge is 0.474 e. The summed E-state index contributed by atoms with van der Waals surface area (Å²) in [6, 6.07) is 8.66. The molecular weight excluding hydrogens is 451 g/mol. The molecule has 2 aliphatic rings. The van der Waals surface area contributed by atoms with Gasteiger partial charge in [-0.1, -0.05) is 19.6 Å². The Morgan fingerprint density at radius 3 is 2.74 bits per heavy atom. The number of aromatic nitrogens is 3. The summed E-state index contributed by atoms with van der Waals surface area (Å²) in [6.45, 7) is 7.99. The zero-order valence-corrected chi connectivity index (χ0v) is 20.9. The second kappa shape index (κ2) is 9.11. The number of amides is 1. The summed E-state index contributed by atoms with van der Waals surface area (Å²) in [7, 11) is -1.20. The van der Waals surface area contributed by atoms with Gasteiger partial charge < -0.3 is 19.4 Å². The molecule has 1 N–H and O–H groups in total. The number of fused-ring (bicyclic) bond motifs is 1. The van der Waals surface area contributed by atoms with Crippen LogP contribution >= 0.6 is 0 Å². The maximum absolute atomic E-state index is 13.3. The molecule has 3 aromatic heterocycles. The van der Waals surface area contributed by atoms with Crippen molar-refractivity contribution < 1.29 is 18.7 Å². The molecule has 0 spiro atoms. The van der Waals surface area contributed by atoms with Crippen molar-refractivity contribution in [3.8, 4) is 17.0 Å². The average molecular weight is 483 g/mol. The van der Waals surface area contributed by atoms with Crippen molar-refractivity contribution >= 4 is 30.8 Å². The van der Waals surface area contributed by atoms with Crippen LogP contribution in [0.15, 0.2) is 36.7 Å². The van der Waals surface area contributed by atoms with Crippen LogP contribution in [0.2, 0.25) is 25.7 Å². The van der Waals surface area contributed by atoms with Crippen molar-refractivity contribution in [2.24, 2.45) is 5.92 Å². The molecule has 180 valence electrons. The molecule has 9 heteroatoms. The van der Waals surface area contributed by atoms with E-state index in [2.05, 4.69) is 29.9 Å². The Bertz CT molecular complexity index is 1200. The number of nitrogens with zero attached hydrogens (tertiary/aromatic N) is 3. The Kier molecular flexibility index (Phi) is 6.16. The molecule has 1 amide bonds. The number of ether oxygens (including phenoxy) is 2. The van der Waals surface area contributed by atoms with Crippen LogP contribution < -0.4 is 10.1 Å². The number of rotatable bonds is 10. The Morgan fingerprint density at radius 1 is 1.24 bits per heavy atom. The molecule has 0 unspecified atom stereocenters. The second-order valence-corrected chi connectivity index (χ2v) is 16.1. The third kappa shape index (κ3) is 5.31. The van der Waals surface area contributed by atoms with Gasteiger partial charge in [0.25, 0.3) is 0 Å². The molecule has 0 bridgehead atoms. The molecule has 34 heavy (non-hydrogen) atoms. The van der Waals surface area contributed by atoms with Crippen LogP contribution in [0.25, 0.3) is 22.2 Å². The topological polar surface area (TPSA) is 78.3 Å². The van der Waals surface area contributed by atoms with Crippen molar-refractivity contribution in [2.45, 2.75) is 64.0 Å². The lowest BCUT2D eigenvalue weighted by Gasteiger charge is -2.15. The fourth-order valence-corrected chi connectivity index (χ4v) is 4.53. The summed E-state index contributed by atoms with van der Waals surface area (Å²) in [5.41, 5.74) is 2.54. The summed E-state index contributed by atoms with van der Waals surface area (Å²) in [4.78, 5) is 21.4. The predicted molar refractivity (Wildman–Crippen MR) is 132 cm³/mol. The Balaban J connectivity index is 1.46. The molecule has 0 saturated heterocycles. The number of nitrogens with one attached hydrogen (secondary N) is 1. The first-order valence-corrected chi connectivity index (χ1v) is 15.6. The van der Waals surface area contributed by atoms with Crippen molar-refractivity contribution in [2.75, 3.05) is 11.9 Å². The van der Waals surface area contributed by atoms with Gasteiger partial charge in [-0.25, -0.2) is 14.4 Å². The summed E-state index contributed by atoms with van der Waals surface area (Å²) >= 11 is 0. The van der Waals surface area contributed by atoms with Gasteiger partial charge in [0, 0.05) is 43.6 Å². The highest BCUT2D eigenvalue weighted by molar-refractivity contribution is 6.76. The van der Waals surface area contributed by atoms with Crippen LogP contribution in [0.3, 0.4) is 0 Å². The molecule has 2 atom stereocenters. The van der Waals surface area contributed by atoms with E-state index >= 15 is 0 Å². The Labute approximate surface area is 199 Å². The third-order valence-electron chi connectivity index (χ3n) is 6.11. The number of hydrogen-bond acceptors (Lipinski definition) is 5. The van der Waals surface area contributed by atoms with Crippen LogP contribution in [0, 0.1) is 5.92 Å². The van der Waals surface area contributed by atoms with Crippen molar-refractivity contribution in [3.63, 3.8) is 0 Å². The molecule has 0 aromatic carbocycles.